The summed E-state index contributed by atoms with van der Waals surface area (Å²) in [6, 6.07) is 4.71. The van der Waals surface area contributed by atoms with Crippen molar-refractivity contribution in [1.82, 2.24) is 9.97 Å². The number of rotatable bonds is 3. The fraction of sp³-hybridized carbons (Fsp3) is 0.0833. The molecule has 0 atom stereocenters. The first kappa shape index (κ1) is 13.7. The number of aromatic nitrogens is 2. The maximum atomic E-state index is 12.0. The molecule has 2 aromatic rings. The van der Waals surface area contributed by atoms with Crippen LogP contribution in [0.15, 0.2) is 30.6 Å². The van der Waals surface area contributed by atoms with E-state index in [4.69, 9.17) is 28.3 Å². The van der Waals surface area contributed by atoms with Crippen LogP contribution in [0.4, 0.5) is 5.69 Å². The SMILES string of the molecule is O=C(Nc1cc(Cl)ccc1Cl)c1nccnc1CO. The first-order valence-corrected chi connectivity index (χ1v) is 6.04. The average Bonchev–Trinajstić information content (AvgIpc) is 2.42. The van der Waals surface area contributed by atoms with Gasteiger partial charge in [-0.25, -0.2) is 4.98 Å². The number of anilines is 1. The summed E-state index contributed by atoms with van der Waals surface area (Å²) in [4.78, 5) is 19.8. The molecule has 0 fully saturated rings. The van der Waals surface area contributed by atoms with Gasteiger partial charge in [0.2, 0.25) is 0 Å². The maximum absolute atomic E-state index is 12.0. The van der Waals surface area contributed by atoms with Crippen LogP contribution in [0.5, 0.6) is 0 Å². The lowest BCUT2D eigenvalue weighted by Gasteiger charge is -2.08. The van der Waals surface area contributed by atoms with E-state index in [2.05, 4.69) is 15.3 Å². The van der Waals surface area contributed by atoms with E-state index in [1.165, 1.54) is 18.5 Å². The van der Waals surface area contributed by atoms with Crippen molar-refractivity contribution in [1.29, 1.82) is 0 Å². The van der Waals surface area contributed by atoms with Crippen molar-refractivity contribution in [3.63, 3.8) is 0 Å². The summed E-state index contributed by atoms with van der Waals surface area (Å²) in [5, 5.41) is 12.5. The second-order valence-corrected chi connectivity index (χ2v) is 4.43. The molecule has 5 nitrogen and oxygen atoms in total. The topological polar surface area (TPSA) is 75.1 Å². The highest BCUT2D eigenvalue weighted by molar-refractivity contribution is 6.35. The highest BCUT2D eigenvalue weighted by Crippen LogP contribution is 2.25. The van der Waals surface area contributed by atoms with Gasteiger partial charge >= 0.3 is 0 Å². The molecule has 0 radical (unpaired) electrons. The number of aliphatic hydroxyl groups excluding tert-OH is 1. The fourth-order valence-electron chi connectivity index (χ4n) is 1.45. The molecule has 0 unspecified atom stereocenters. The smallest absolute Gasteiger partial charge is 0.276 e. The summed E-state index contributed by atoms with van der Waals surface area (Å²) >= 11 is 11.8. The van der Waals surface area contributed by atoms with Gasteiger partial charge in [0.1, 0.15) is 0 Å². The molecule has 1 aromatic heterocycles. The summed E-state index contributed by atoms with van der Waals surface area (Å²) in [7, 11) is 0. The van der Waals surface area contributed by atoms with Gasteiger partial charge in [-0.1, -0.05) is 23.2 Å². The molecular weight excluding hydrogens is 289 g/mol. The maximum Gasteiger partial charge on any atom is 0.276 e. The van der Waals surface area contributed by atoms with E-state index < -0.39 is 5.91 Å². The van der Waals surface area contributed by atoms with Crippen LogP contribution in [0.25, 0.3) is 0 Å². The summed E-state index contributed by atoms with van der Waals surface area (Å²) in [5.74, 6) is -0.513. The van der Waals surface area contributed by atoms with E-state index in [9.17, 15) is 4.79 Å². The van der Waals surface area contributed by atoms with Gasteiger partial charge in [-0.2, -0.15) is 0 Å². The molecule has 0 saturated heterocycles. The zero-order chi connectivity index (χ0) is 13.8. The molecule has 0 aliphatic rings. The van der Waals surface area contributed by atoms with Gasteiger partial charge in [-0.3, -0.25) is 9.78 Å². The number of aliphatic hydroxyl groups is 1. The molecule has 0 aliphatic heterocycles. The van der Waals surface area contributed by atoms with Crippen molar-refractivity contribution in [2.75, 3.05) is 5.32 Å². The molecule has 2 N–H and O–H groups in total. The first-order chi connectivity index (χ1) is 9.11. The number of carbonyl (C=O) groups is 1. The minimum atomic E-state index is -0.513. The molecule has 0 spiro atoms. The Hall–Kier alpha value is -1.69. The lowest BCUT2D eigenvalue weighted by Crippen LogP contribution is -2.17. The monoisotopic (exact) mass is 297 g/mol. The van der Waals surface area contributed by atoms with Crippen molar-refractivity contribution >= 4 is 34.8 Å². The first-order valence-electron chi connectivity index (χ1n) is 5.29. The lowest BCUT2D eigenvalue weighted by molar-refractivity contribution is 0.101. The summed E-state index contributed by atoms with van der Waals surface area (Å²) < 4.78 is 0. The van der Waals surface area contributed by atoms with E-state index in [1.807, 2.05) is 0 Å². The molecule has 1 amide bonds. The van der Waals surface area contributed by atoms with E-state index in [0.717, 1.165) is 0 Å². The van der Waals surface area contributed by atoms with Gasteiger partial charge in [0.05, 0.1) is 23.0 Å². The van der Waals surface area contributed by atoms with E-state index in [1.54, 1.807) is 12.1 Å². The zero-order valence-corrected chi connectivity index (χ0v) is 11.1. The zero-order valence-electron chi connectivity index (χ0n) is 9.60. The van der Waals surface area contributed by atoms with Gasteiger partial charge in [0.25, 0.3) is 5.91 Å². The predicted molar refractivity (Wildman–Crippen MR) is 72.4 cm³/mol. The second kappa shape index (κ2) is 5.97. The van der Waals surface area contributed by atoms with Gasteiger partial charge in [-0.15, -0.1) is 0 Å². The number of carbonyl (C=O) groups excluding carboxylic acids is 1. The van der Waals surface area contributed by atoms with Gasteiger partial charge in [0, 0.05) is 17.4 Å². The molecule has 0 aliphatic carbocycles. The Morgan fingerprint density at radius 1 is 1.26 bits per heavy atom. The largest absolute Gasteiger partial charge is 0.390 e. The van der Waals surface area contributed by atoms with Crippen LogP contribution >= 0.6 is 23.2 Å². The summed E-state index contributed by atoms with van der Waals surface area (Å²) in [5.41, 5.74) is 0.605. The summed E-state index contributed by atoms with van der Waals surface area (Å²) in [6.07, 6.45) is 2.77. The van der Waals surface area contributed by atoms with Crippen LogP contribution in [0.3, 0.4) is 0 Å². The van der Waals surface area contributed by atoms with Crippen LogP contribution in [0, 0.1) is 0 Å². The van der Waals surface area contributed by atoms with Crippen molar-refractivity contribution in [2.45, 2.75) is 6.61 Å². The highest BCUT2D eigenvalue weighted by Gasteiger charge is 2.15. The van der Waals surface area contributed by atoms with E-state index >= 15 is 0 Å². The van der Waals surface area contributed by atoms with Crippen LogP contribution in [-0.4, -0.2) is 21.0 Å². The molecule has 0 bridgehead atoms. The number of benzene rings is 1. The minimum Gasteiger partial charge on any atom is -0.390 e. The van der Waals surface area contributed by atoms with Gasteiger partial charge in [0.15, 0.2) is 5.69 Å². The number of amides is 1. The Bertz CT molecular complexity index is 620. The Labute approximate surface area is 119 Å². The predicted octanol–water partition coefficient (Wildman–Crippen LogP) is 2.53. The lowest BCUT2D eigenvalue weighted by atomic mass is 10.2. The Balaban J connectivity index is 2.28. The number of nitrogens with one attached hydrogen (secondary N) is 1. The van der Waals surface area contributed by atoms with Crippen molar-refractivity contribution in [3.05, 3.63) is 52.0 Å². The number of hydrogen-bond donors (Lipinski definition) is 2. The molecule has 0 saturated carbocycles. The molecule has 2 rings (SSSR count). The average molecular weight is 298 g/mol. The van der Waals surface area contributed by atoms with Gasteiger partial charge < -0.3 is 10.4 Å². The second-order valence-electron chi connectivity index (χ2n) is 3.59. The Morgan fingerprint density at radius 3 is 2.74 bits per heavy atom. The van der Waals surface area contributed by atoms with Crippen LogP contribution in [0.1, 0.15) is 16.2 Å². The molecule has 7 heteroatoms. The fourth-order valence-corrected chi connectivity index (χ4v) is 1.78. The molecule has 98 valence electrons. The van der Waals surface area contributed by atoms with Gasteiger partial charge in [-0.05, 0) is 18.2 Å². The third-order valence-electron chi connectivity index (χ3n) is 2.32. The summed E-state index contributed by atoms with van der Waals surface area (Å²) in [6.45, 7) is -0.375. The van der Waals surface area contributed by atoms with Crippen LogP contribution in [-0.2, 0) is 6.61 Å². The quantitative estimate of drug-likeness (QED) is 0.913. The minimum absolute atomic E-state index is 0.0426. The molecular formula is C12H9Cl2N3O2. The molecule has 1 aromatic carbocycles. The third kappa shape index (κ3) is 3.20. The number of hydrogen-bond acceptors (Lipinski definition) is 4. The van der Waals surface area contributed by atoms with Crippen molar-refractivity contribution in [3.8, 4) is 0 Å². The Morgan fingerprint density at radius 2 is 2.00 bits per heavy atom. The van der Waals surface area contributed by atoms with E-state index in [0.29, 0.717) is 15.7 Å². The van der Waals surface area contributed by atoms with E-state index in [-0.39, 0.29) is 18.0 Å². The standard InChI is InChI=1S/C12H9Cl2N3O2/c13-7-1-2-8(14)9(5-7)17-12(19)11-10(6-18)15-3-4-16-11/h1-5,18H,6H2,(H,17,19). The third-order valence-corrected chi connectivity index (χ3v) is 2.88. The highest BCUT2D eigenvalue weighted by atomic mass is 35.5. The van der Waals surface area contributed by atoms with Crippen molar-refractivity contribution < 1.29 is 9.90 Å². The van der Waals surface area contributed by atoms with Crippen LogP contribution < -0.4 is 5.32 Å². The van der Waals surface area contributed by atoms with Crippen LogP contribution in [0.2, 0.25) is 10.0 Å². The van der Waals surface area contributed by atoms with Crippen molar-refractivity contribution in [2.24, 2.45) is 0 Å². The number of halogens is 2. The number of nitrogens with zero attached hydrogens (tertiary/aromatic N) is 2. The Kier molecular flexibility index (Phi) is 4.31. The molecule has 19 heavy (non-hydrogen) atoms. The molecule has 1 heterocycles. The normalized spacial score (nSPS) is 10.3.